The quantitative estimate of drug-likeness (QED) is 0.570. The van der Waals surface area contributed by atoms with Gasteiger partial charge in [0.15, 0.2) is 5.82 Å². The number of ether oxygens (including phenoxy) is 1. The monoisotopic (exact) mass is 336 g/mol. The van der Waals surface area contributed by atoms with Crippen LogP contribution in [-0.2, 0) is 0 Å². The Labute approximate surface area is 140 Å². The Kier molecular flexibility index (Phi) is 3.55. The summed E-state index contributed by atoms with van der Waals surface area (Å²) in [6, 6.07) is 11.2. The van der Waals surface area contributed by atoms with E-state index in [1.54, 1.807) is 25.6 Å². The molecule has 24 heavy (non-hydrogen) atoms. The van der Waals surface area contributed by atoms with Crippen LogP contribution < -0.4 is 14.8 Å². The maximum atomic E-state index is 12.6. The second-order valence-electron chi connectivity index (χ2n) is 5.02. The zero-order valence-corrected chi connectivity index (χ0v) is 13.5. The van der Waals surface area contributed by atoms with Crippen molar-refractivity contribution >= 4 is 22.4 Å². The molecule has 0 bridgehead atoms. The summed E-state index contributed by atoms with van der Waals surface area (Å²) in [6.45, 7) is 0. The summed E-state index contributed by atoms with van der Waals surface area (Å²) in [5.74, 6) is 1.23. The number of fused-ring (bicyclic) bond motifs is 1. The van der Waals surface area contributed by atoms with Crippen molar-refractivity contribution in [2.24, 2.45) is 0 Å². The first-order valence-electron chi connectivity index (χ1n) is 7.21. The predicted octanol–water partition coefficient (Wildman–Crippen LogP) is 1.77. The molecule has 0 N–H and O–H groups in total. The van der Waals surface area contributed by atoms with Gasteiger partial charge < -0.3 is 4.74 Å². The number of rotatable bonds is 3. The van der Waals surface area contributed by atoms with Gasteiger partial charge >= 0.3 is 0 Å². The molecule has 4 rings (SSSR count). The third kappa shape index (κ3) is 2.44. The van der Waals surface area contributed by atoms with E-state index in [1.807, 2.05) is 36.4 Å². The average molecular weight is 336 g/mol. The molecule has 7 heteroatoms. The number of nitrogens with zero attached hydrogens (tertiary/aromatic N) is 4. The molecule has 0 unspecified atom stereocenters. The molecule has 1 aromatic carbocycles. The molecule has 0 fully saturated rings. The van der Waals surface area contributed by atoms with Crippen molar-refractivity contribution in [2.45, 2.75) is 0 Å². The number of aromatic nitrogens is 4. The van der Waals surface area contributed by atoms with Crippen LogP contribution in [0.3, 0.4) is 0 Å². The van der Waals surface area contributed by atoms with Crippen LogP contribution >= 0.6 is 11.3 Å². The molecule has 0 spiro atoms. The molecule has 0 saturated heterocycles. The van der Waals surface area contributed by atoms with Crippen LogP contribution in [-0.4, -0.2) is 26.7 Å². The molecule has 0 aliphatic heterocycles. The largest absolute Gasteiger partial charge is 0.496 e. The summed E-state index contributed by atoms with van der Waals surface area (Å²) in [6.07, 6.45) is 5.14. The molecule has 0 saturated carbocycles. The van der Waals surface area contributed by atoms with E-state index in [4.69, 9.17) is 4.74 Å². The molecule has 0 radical (unpaired) electrons. The number of hydrogen-bond acceptors (Lipinski definition) is 6. The number of para-hydroxylation sites is 1. The lowest BCUT2D eigenvalue weighted by atomic mass is 10.2. The summed E-state index contributed by atoms with van der Waals surface area (Å²) in [5, 5.41) is 4.31. The van der Waals surface area contributed by atoms with E-state index in [0.717, 1.165) is 11.1 Å². The highest BCUT2D eigenvalue weighted by Crippen LogP contribution is 2.18. The predicted molar refractivity (Wildman–Crippen MR) is 92.1 cm³/mol. The minimum Gasteiger partial charge on any atom is -0.496 e. The number of methoxy groups -OCH3 is 1. The summed E-state index contributed by atoms with van der Waals surface area (Å²) in [7, 11) is 1.61. The first-order valence-corrected chi connectivity index (χ1v) is 8.02. The Morgan fingerprint density at radius 1 is 1.17 bits per heavy atom. The van der Waals surface area contributed by atoms with Gasteiger partial charge in [-0.2, -0.15) is 9.50 Å². The van der Waals surface area contributed by atoms with E-state index in [1.165, 1.54) is 15.9 Å². The van der Waals surface area contributed by atoms with Crippen molar-refractivity contribution in [3.8, 4) is 17.1 Å². The smallest absolute Gasteiger partial charge is 0.291 e. The maximum absolute atomic E-state index is 12.6. The number of thiazole rings is 1. The summed E-state index contributed by atoms with van der Waals surface area (Å²) in [5.41, 5.74) is 1.49. The molecule has 0 amide bonds. The molecule has 0 atom stereocenters. The standard InChI is InChI=1S/C17H12N4O2S/c1-23-13-5-3-2-4-12(13)10-14-16(22)21-17(24-14)19-15(20-21)11-6-8-18-9-7-11/h2-10H,1H3. The Morgan fingerprint density at radius 3 is 2.71 bits per heavy atom. The SMILES string of the molecule is COc1ccccc1C=c1sc2nc(-c3ccncc3)nn2c1=O. The van der Waals surface area contributed by atoms with Gasteiger partial charge in [0, 0.05) is 23.5 Å². The van der Waals surface area contributed by atoms with Crippen molar-refractivity contribution in [1.29, 1.82) is 0 Å². The number of benzene rings is 1. The van der Waals surface area contributed by atoms with Gasteiger partial charge in [0.2, 0.25) is 4.96 Å². The Morgan fingerprint density at radius 2 is 1.96 bits per heavy atom. The van der Waals surface area contributed by atoms with E-state index in [2.05, 4.69) is 15.1 Å². The van der Waals surface area contributed by atoms with Crippen LogP contribution in [0.5, 0.6) is 5.75 Å². The van der Waals surface area contributed by atoms with Crippen LogP contribution in [0.2, 0.25) is 0 Å². The third-order valence-electron chi connectivity index (χ3n) is 3.55. The zero-order valence-electron chi connectivity index (χ0n) is 12.7. The fraction of sp³-hybridized carbons (Fsp3) is 0.0588. The van der Waals surface area contributed by atoms with Gasteiger partial charge in [-0.1, -0.05) is 29.5 Å². The molecule has 0 aliphatic rings. The van der Waals surface area contributed by atoms with Crippen LogP contribution in [0.25, 0.3) is 22.4 Å². The normalized spacial score (nSPS) is 12.0. The molecule has 118 valence electrons. The number of pyridine rings is 1. The molecule has 3 heterocycles. The summed E-state index contributed by atoms with van der Waals surface area (Å²) >= 11 is 1.30. The van der Waals surface area contributed by atoms with Crippen LogP contribution in [0, 0.1) is 0 Å². The van der Waals surface area contributed by atoms with E-state index in [-0.39, 0.29) is 5.56 Å². The van der Waals surface area contributed by atoms with Gasteiger partial charge in [-0.15, -0.1) is 5.10 Å². The lowest BCUT2D eigenvalue weighted by Crippen LogP contribution is -2.23. The number of hydrogen-bond donors (Lipinski definition) is 0. The highest BCUT2D eigenvalue weighted by molar-refractivity contribution is 7.15. The maximum Gasteiger partial charge on any atom is 0.291 e. The van der Waals surface area contributed by atoms with Gasteiger partial charge in [0.25, 0.3) is 5.56 Å². The van der Waals surface area contributed by atoms with E-state index in [0.29, 0.717) is 21.1 Å². The van der Waals surface area contributed by atoms with Crippen molar-refractivity contribution < 1.29 is 4.74 Å². The van der Waals surface area contributed by atoms with Gasteiger partial charge in [0.1, 0.15) is 5.75 Å². The topological polar surface area (TPSA) is 69.4 Å². The lowest BCUT2D eigenvalue weighted by molar-refractivity contribution is 0.414. The molecular formula is C17H12N4O2S. The second kappa shape index (κ2) is 5.86. The first kappa shape index (κ1) is 14.5. The molecule has 0 aliphatic carbocycles. The van der Waals surface area contributed by atoms with Crippen LogP contribution in [0.4, 0.5) is 0 Å². The van der Waals surface area contributed by atoms with E-state index in [9.17, 15) is 4.79 Å². The summed E-state index contributed by atoms with van der Waals surface area (Å²) < 4.78 is 7.22. The minimum atomic E-state index is -0.186. The highest BCUT2D eigenvalue weighted by atomic mass is 32.1. The van der Waals surface area contributed by atoms with Crippen LogP contribution in [0.1, 0.15) is 5.56 Å². The Balaban J connectivity index is 1.85. The highest BCUT2D eigenvalue weighted by Gasteiger charge is 2.12. The zero-order chi connectivity index (χ0) is 16.5. The molecule has 4 aromatic rings. The van der Waals surface area contributed by atoms with Gasteiger partial charge in [-0.05, 0) is 24.3 Å². The lowest BCUT2D eigenvalue weighted by Gasteiger charge is -2.02. The van der Waals surface area contributed by atoms with Crippen molar-refractivity contribution in [1.82, 2.24) is 19.6 Å². The fourth-order valence-corrected chi connectivity index (χ4v) is 3.28. The molecular weight excluding hydrogens is 324 g/mol. The van der Waals surface area contributed by atoms with Gasteiger partial charge in [0.05, 0.1) is 11.6 Å². The molecule has 3 aromatic heterocycles. The van der Waals surface area contributed by atoms with Gasteiger partial charge in [-0.25, -0.2) is 0 Å². The first-order chi connectivity index (χ1) is 11.8. The summed E-state index contributed by atoms with van der Waals surface area (Å²) in [4.78, 5) is 21.5. The van der Waals surface area contributed by atoms with Crippen molar-refractivity contribution in [3.05, 3.63) is 69.2 Å². The van der Waals surface area contributed by atoms with Crippen LogP contribution in [0.15, 0.2) is 53.6 Å². The average Bonchev–Trinajstić information content (AvgIpc) is 3.16. The molecule has 6 nitrogen and oxygen atoms in total. The third-order valence-corrected chi connectivity index (χ3v) is 4.51. The van der Waals surface area contributed by atoms with Crippen molar-refractivity contribution in [2.75, 3.05) is 7.11 Å². The minimum absolute atomic E-state index is 0.186. The van der Waals surface area contributed by atoms with E-state index >= 15 is 0 Å². The Hall–Kier alpha value is -3.06. The fourth-order valence-electron chi connectivity index (χ4n) is 2.38. The van der Waals surface area contributed by atoms with Gasteiger partial charge in [-0.3, -0.25) is 9.78 Å². The Bertz CT molecular complexity index is 1120. The van der Waals surface area contributed by atoms with Crippen molar-refractivity contribution in [3.63, 3.8) is 0 Å². The van der Waals surface area contributed by atoms with E-state index < -0.39 is 0 Å². The second-order valence-corrected chi connectivity index (χ2v) is 6.03.